The molecule has 0 N–H and O–H groups in total. The Labute approximate surface area is 141 Å². The third-order valence-electron chi connectivity index (χ3n) is 3.79. The Kier molecular flexibility index (Phi) is 4.92. The van der Waals surface area contributed by atoms with E-state index in [1.54, 1.807) is 7.11 Å². The maximum atomic E-state index is 11.5. The Hall–Kier alpha value is -3.07. The predicted molar refractivity (Wildman–Crippen MR) is 94.6 cm³/mol. The summed E-state index contributed by atoms with van der Waals surface area (Å²) >= 11 is 0. The maximum absolute atomic E-state index is 11.5. The first-order valence-electron chi connectivity index (χ1n) is 7.71. The van der Waals surface area contributed by atoms with Crippen LogP contribution in [0.1, 0.15) is 15.9 Å². The SMILES string of the molecule is COc1ccccc1-c1ccc(OCc2ccccc2)c(C=O)c1. The van der Waals surface area contributed by atoms with Crippen LogP contribution in [0.25, 0.3) is 11.1 Å². The zero-order valence-corrected chi connectivity index (χ0v) is 13.4. The van der Waals surface area contributed by atoms with E-state index in [4.69, 9.17) is 9.47 Å². The third kappa shape index (κ3) is 3.46. The molecular formula is C21H18O3. The lowest BCUT2D eigenvalue weighted by molar-refractivity contribution is 0.111. The Morgan fingerprint density at radius 3 is 2.38 bits per heavy atom. The van der Waals surface area contributed by atoms with Crippen LogP contribution in [0.3, 0.4) is 0 Å². The van der Waals surface area contributed by atoms with Crippen molar-refractivity contribution in [3.63, 3.8) is 0 Å². The van der Waals surface area contributed by atoms with E-state index in [2.05, 4.69) is 0 Å². The van der Waals surface area contributed by atoms with E-state index in [0.717, 1.165) is 28.7 Å². The molecule has 0 bridgehead atoms. The fourth-order valence-corrected chi connectivity index (χ4v) is 2.56. The molecule has 3 aromatic carbocycles. The molecule has 0 unspecified atom stereocenters. The van der Waals surface area contributed by atoms with Gasteiger partial charge in [-0.15, -0.1) is 0 Å². The lowest BCUT2D eigenvalue weighted by Crippen LogP contribution is -1.98. The van der Waals surface area contributed by atoms with E-state index in [0.29, 0.717) is 17.9 Å². The number of para-hydroxylation sites is 1. The number of ether oxygens (including phenoxy) is 2. The zero-order chi connectivity index (χ0) is 16.8. The van der Waals surface area contributed by atoms with Crippen LogP contribution in [0.2, 0.25) is 0 Å². The predicted octanol–water partition coefficient (Wildman–Crippen LogP) is 4.75. The molecule has 0 aliphatic rings. The monoisotopic (exact) mass is 318 g/mol. The maximum Gasteiger partial charge on any atom is 0.153 e. The van der Waals surface area contributed by atoms with Gasteiger partial charge in [0.15, 0.2) is 6.29 Å². The molecule has 0 aliphatic heterocycles. The molecule has 24 heavy (non-hydrogen) atoms. The molecule has 0 spiro atoms. The second-order valence-electron chi connectivity index (χ2n) is 5.35. The number of rotatable bonds is 6. The van der Waals surface area contributed by atoms with Crippen molar-refractivity contribution in [3.05, 3.63) is 83.9 Å². The molecule has 0 amide bonds. The topological polar surface area (TPSA) is 35.5 Å². The normalized spacial score (nSPS) is 10.2. The quantitative estimate of drug-likeness (QED) is 0.615. The molecule has 0 radical (unpaired) electrons. The minimum Gasteiger partial charge on any atom is -0.496 e. The fourth-order valence-electron chi connectivity index (χ4n) is 2.56. The van der Waals surface area contributed by atoms with Gasteiger partial charge >= 0.3 is 0 Å². The summed E-state index contributed by atoms with van der Waals surface area (Å²) in [4.78, 5) is 11.5. The van der Waals surface area contributed by atoms with Gasteiger partial charge in [-0.25, -0.2) is 0 Å². The van der Waals surface area contributed by atoms with Gasteiger partial charge in [0.2, 0.25) is 0 Å². The second kappa shape index (κ2) is 7.47. The summed E-state index contributed by atoms with van der Waals surface area (Å²) in [6, 6.07) is 23.2. The number of carbonyl (C=O) groups excluding carboxylic acids is 1. The molecule has 3 rings (SSSR count). The van der Waals surface area contributed by atoms with Crippen LogP contribution in [-0.2, 0) is 6.61 Å². The second-order valence-corrected chi connectivity index (χ2v) is 5.35. The van der Waals surface area contributed by atoms with E-state index < -0.39 is 0 Å². The van der Waals surface area contributed by atoms with Gasteiger partial charge in [-0.3, -0.25) is 4.79 Å². The molecule has 0 atom stereocenters. The van der Waals surface area contributed by atoms with Crippen LogP contribution < -0.4 is 9.47 Å². The molecule has 3 nitrogen and oxygen atoms in total. The van der Waals surface area contributed by atoms with Crippen LogP contribution in [0.4, 0.5) is 0 Å². The summed E-state index contributed by atoms with van der Waals surface area (Å²) in [6.45, 7) is 0.426. The van der Waals surface area contributed by atoms with Crippen molar-refractivity contribution in [3.8, 4) is 22.6 Å². The lowest BCUT2D eigenvalue weighted by Gasteiger charge is -2.12. The summed E-state index contributed by atoms with van der Waals surface area (Å²) in [5.41, 5.74) is 3.44. The van der Waals surface area contributed by atoms with Crippen molar-refractivity contribution in [1.29, 1.82) is 0 Å². The van der Waals surface area contributed by atoms with Crippen LogP contribution in [0, 0.1) is 0 Å². The minimum atomic E-state index is 0.426. The third-order valence-corrected chi connectivity index (χ3v) is 3.79. The van der Waals surface area contributed by atoms with Gasteiger partial charge in [0.25, 0.3) is 0 Å². The highest BCUT2D eigenvalue weighted by atomic mass is 16.5. The molecule has 0 aromatic heterocycles. The highest BCUT2D eigenvalue weighted by molar-refractivity contribution is 5.84. The number of benzene rings is 3. The van der Waals surface area contributed by atoms with E-state index in [1.807, 2.05) is 72.8 Å². The summed E-state index contributed by atoms with van der Waals surface area (Å²) in [5.74, 6) is 1.35. The van der Waals surface area contributed by atoms with Crippen molar-refractivity contribution < 1.29 is 14.3 Å². The number of methoxy groups -OCH3 is 1. The van der Waals surface area contributed by atoms with Crippen LogP contribution in [-0.4, -0.2) is 13.4 Å². The average molecular weight is 318 g/mol. The average Bonchev–Trinajstić information content (AvgIpc) is 2.67. The Balaban J connectivity index is 1.87. The molecule has 0 saturated carbocycles. The number of hydrogen-bond acceptors (Lipinski definition) is 3. The van der Waals surface area contributed by atoms with E-state index in [-0.39, 0.29) is 0 Å². The zero-order valence-electron chi connectivity index (χ0n) is 13.4. The molecule has 0 fully saturated rings. The van der Waals surface area contributed by atoms with Gasteiger partial charge < -0.3 is 9.47 Å². The molecular weight excluding hydrogens is 300 g/mol. The molecule has 3 aromatic rings. The summed E-state index contributed by atoms with van der Waals surface area (Å²) in [6.07, 6.45) is 0.819. The first-order chi connectivity index (χ1) is 11.8. The fraction of sp³-hybridized carbons (Fsp3) is 0.0952. The molecule has 0 heterocycles. The van der Waals surface area contributed by atoms with E-state index in [9.17, 15) is 4.79 Å². The van der Waals surface area contributed by atoms with Gasteiger partial charge in [0.1, 0.15) is 18.1 Å². The van der Waals surface area contributed by atoms with Gasteiger partial charge in [-0.1, -0.05) is 54.6 Å². The van der Waals surface area contributed by atoms with Gasteiger partial charge in [0.05, 0.1) is 12.7 Å². The van der Waals surface area contributed by atoms with Gasteiger partial charge in [-0.05, 0) is 29.3 Å². The summed E-state index contributed by atoms with van der Waals surface area (Å²) in [5, 5.41) is 0. The first-order valence-corrected chi connectivity index (χ1v) is 7.71. The van der Waals surface area contributed by atoms with Crippen molar-refractivity contribution in [2.75, 3.05) is 7.11 Å². The van der Waals surface area contributed by atoms with Crippen molar-refractivity contribution in [2.24, 2.45) is 0 Å². The van der Waals surface area contributed by atoms with E-state index in [1.165, 1.54) is 0 Å². The minimum absolute atomic E-state index is 0.426. The molecule has 0 saturated heterocycles. The van der Waals surface area contributed by atoms with Crippen LogP contribution in [0.5, 0.6) is 11.5 Å². The number of carbonyl (C=O) groups is 1. The summed E-state index contributed by atoms with van der Waals surface area (Å²) < 4.78 is 11.2. The van der Waals surface area contributed by atoms with Gasteiger partial charge in [0, 0.05) is 5.56 Å². The molecule has 0 aliphatic carbocycles. The standard InChI is InChI=1S/C21H18O3/c1-23-21-10-6-5-9-19(21)17-11-12-20(18(13-17)14-22)24-15-16-7-3-2-4-8-16/h2-14H,15H2,1H3. The van der Waals surface area contributed by atoms with Crippen LogP contribution >= 0.6 is 0 Å². The smallest absolute Gasteiger partial charge is 0.153 e. The summed E-state index contributed by atoms with van der Waals surface area (Å²) in [7, 11) is 1.64. The highest BCUT2D eigenvalue weighted by Crippen LogP contribution is 2.32. The largest absolute Gasteiger partial charge is 0.496 e. The Bertz CT molecular complexity index is 825. The number of hydrogen-bond donors (Lipinski definition) is 0. The van der Waals surface area contributed by atoms with Crippen molar-refractivity contribution in [1.82, 2.24) is 0 Å². The number of aldehydes is 1. The van der Waals surface area contributed by atoms with Gasteiger partial charge in [-0.2, -0.15) is 0 Å². The highest BCUT2D eigenvalue weighted by Gasteiger charge is 2.09. The van der Waals surface area contributed by atoms with Crippen LogP contribution in [0.15, 0.2) is 72.8 Å². The first kappa shape index (κ1) is 15.8. The molecule has 120 valence electrons. The van der Waals surface area contributed by atoms with Crippen molar-refractivity contribution >= 4 is 6.29 Å². The van der Waals surface area contributed by atoms with Crippen molar-refractivity contribution in [2.45, 2.75) is 6.61 Å². The van der Waals surface area contributed by atoms with E-state index >= 15 is 0 Å². The Morgan fingerprint density at radius 1 is 0.875 bits per heavy atom. The Morgan fingerprint density at radius 2 is 1.62 bits per heavy atom. The lowest BCUT2D eigenvalue weighted by atomic mass is 10.0. The molecule has 3 heteroatoms.